The third kappa shape index (κ3) is 5.82. The molecule has 0 saturated carbocycles. The maximum absolute atomic E-state index is 15.9. The first-order valence-electron chi connectivity index (χ1n) is 11.9. The van der Waals surface area contributed by atoms with Gasteiger partial charge in [-0.15, -0.1) is 11.3 Å². The molecule has 0 aliphatic carbocycles. The van der Waals surface area contributed by atoms with Gasteiger partial charge in [0.15, 0.2) is 5.82 Å². The maximum atomic E-state index is 15.9. The van der Waals surface area contributed by atoms with Gasteiger partial charge in [-0.25, -0.2) is 28.1 Å². The van der Waals surface area contributed by atoms with Gasteiger partial charge < -0.3 is 10.0 Å². The molecule has 4 aromatic rings. The minimum atomic E-state index is -0.619. The fourth-order valence-electron chi connectivity index (χ4n) is 4.09. The zero-order chi connectivity index (χ0) is 26.6. The van der Waals surface area contributed by atoms with Crippen LogP contribution in [0.4, 0.5) is 24.8 Å². The Kier molecular flexibility index (Phi) is 7.91. The standard InChI is InChI=1S/C26H23F3N6OS2/c1-14(36)32-26-31-11-9-20(33-26)24-23(34-25(37-24)15-4-3-10-30-13-15)17-5-2-6-19(22(17)29)35-38-21-12-16(27)7-8-18(21)28/h2,5-9,11-12,15,30,35H,3-4,10,13H2,1H3,(H,31,32,33,36). The zero-order valence-corrected chi connectivity index (χ0v) is 21.9. The molecule has 1 amide bonds. The Morgan fingerprint density at radius 3 is 2.82 bits per heavy atom. The van der Waals surface area contributed by atoms with Crippen LogP contribution in [0.15, 0.2) is 53.6 Å². The smallest absolute Gasteiger partial charge is 0.229 e. The number of rotatable bonds is 7. The van der Waals surface area contributed by atoms with E-state index in [0.717, 1.165) is 61.1 Å². The lowest BCUT2D eigenvalue weighted by Gasteiger charge is -2.20. The van der Waals surface area contributed by atoms with Crippen molar-refractivity contribution in [2.45, 2.75) is 30.6 Å². The molecule has 2 aromatic carbocycles. The Bertz CT molecular complexity index is 1480. The van der Waals surface area contributed by atoms with E-state index in [2.05, 4.69) is 25.3 Å². The number of benzene rings is 2. The van der Waals surface area contributed by atoms with Gasteiger partial charge in [-0.05, 0) is 67.7 Å². The molecular formula is C26H23F3N6OS2. The number of anilines is 2. The van der Waals surface area contributed by atoms with Crippen LogP contribution in [0.5, 0.6) is 0 Å². The summed E-state index contributed by atoms with van der Waals surface area (Å²) in [6.07, 6.45) is 3.49. The summed E-state index contributed by atoms with van der Waals surface area (Å²) in [5.74, 6) is -1.80. The molecule has 1 saturated heterocycles. The Balaban J connectivity index is 1.54. The number of halogens is 3. The average Bonchev–Trinajstić information content (AvgIpc) is 3.35. The van der Waals surface area contributed by atoms with Crippen molar-refractivity contribution in [3.8, 4) is 21.8 Å². The molecule has 12 heteroatoms. The molecular weight excluding hydrogens is 533 g/mol. The first-order valence-corrected chi connectivity index (χ1v) is 13.5. The number of nitrogens with one attached hydrogen (secondary N) is 3. The summed E-state index contributed by atoms with van der Waals surface area (Å²) >= 11 is 2.21. The highest BCUT2D eigenvalue weighted by Crippen LogP contribution is 2.42. The van der Waals surface area contributed by atoms with Crippen LogP contribution in [0, 0.1) is 17.5 Å². The lowest BCUT2D eigenvalue weighted by Crippen LogP contribution is -2.28. The molecule has 0 radical (unpaired) electrons. The van der Waals surface area contributed by atoms with Crippen molar-refractivity contribution < 1.29 is 18.0 Å². The van der Waals surface area contributed by atoms with E-state index in [-0.39, 0.29) is 33.9 Å². The molecule has 38 heavy (non-hydrogen) atoms. The normalized spacial score (nSPS) is 15.3. The predicted octanol–water partition coefficient (Wildman–Crippen LogP) is 6.23. The van der Waals surface area contributed by atoms with Crippen molar-refractivity contribution in [2.75, 3.05) is 23.1 Å². The van der Waals surface area contributed by atoms with Crippen LogP contribution in [0.3, 0.4) is 0 Å². The molecule has 1 aliphatic heterocycles. The molecule has 3 heterocycles. The summed E-state index contributed by atoms with van der Waals surface area (Å²) < 4.78 is 46.3. The summed E-state index contributed by atoms with van der Waals surface area (Å²) in [5, 5.41) is 6.81. The zero-order valence-electron chi connectivity index (χ0n) is 20.2. The van der Waals surface area contributed by atoms with E-state index in [9.17, 15) is 13.6 Å². The topological polar surface area (TPSA) is 91.8 Å². The van der Waals surface area contributed by atoms with Gasteiger partial charge in [0.25, 0.3) is 0 Å². The summed E-state index contributed by atoms with van der Waals surface area (Å²) in [6, 6.07) is 9.57. The highest BCUT2D eigenvalue weighted by molar-refractivity contribution is 8.00. The highest BCUT2D eigenvalue weighted by atomic mass is 32.2. The van der Waals surface area contributed by atoms with E-state index >= 15 is 4.39 Å². The van der Waals surface area contributed by atoms with Crippen molar-refractivity contribution in [1.29, 1.82) is 0 Å². The molecule has 0 spiro atoms. The largest absolute Gasteiger partial charge is 0.323 e. The van der Waals surface area contributed by atoms with Crippen LogP contribution in [0.25, 0.3) is 21.8 Å². The number of nitrogens with zero attached hydrogens (tertiary/aromatic N) is 3. The maximum Gasteiger partial charge on any atom is 0.229 e. The Morgan fingerprint density at radius 1 is 1.16 bits per heavy atom. The molecule has 196 valence electrons. The van der Waals surface area contributed by atoms with Gasteiger partial charge in [-0.1, -0.05) is 6.07 Å². The van der Waals surface area contributed by atoms with Crippen LogP contribution in [0.2, 0.25) is 0 Å². The highest BCUT2D eigenvalue weighted by Gasteiger charge is 2.25. The molecule has 1 aliphatic rings. The van der Waals surface area contributed by atoms with Gasteiger partial charge in [0, 0.05) is 31.1 Å². The Morgan fingerprint density at radius 2 is 2.03 bits per heavy atom. The van der Waals surface area contributed by atoms with Gasteiger partial charge in [-0.2, -0.15) is 0 Å². The van der Waals surface area contributed by atoms with Crippen LogP contribution in [0.1, 0.15) is 30.7 Å². The van der Waals surface area contributed by atoms with Gasteiger partial charge in [-0.3, -0.25) is 10.1 Å². The lowest BCUT2D eigenvalue weighted by atomic mass is 10.0. The van der Waals surface area contributed by atoms with E-state index in [1.165, 1.54) is 30.5 Å². The van der Waals surface area contributed by atoms with Gasteiger partial charge in [0.1, 0.15) is 11.6 Å². The molecule has 1 unspecified atom stereocenters. The molecule has 3 N–H and O–H groups in total. The van der Waals surface area contributed by atoms with Gasteiger partial charge in [0.2, 0.25) is 11.9 Å². The monoisotopic (exact) mass is 556 g/mol. The van der Waals surface area contributed by atoms with E-state index in [0.29, 0.717) is 16.3 Å². The number of amides is 1. The molecule has 7 nitrogen and oxygen atoms in total. The minimum Gasteiger partial charge on any atom is -0.323 e. The third-order valence-corrected chi connectivity index (χ3v) is 7.98. The second kappa shape index (κ2) is 11.5. The molecule has 1 fully saturated rings. The van der Waals surface area contributed by atoms with Crippen molar-refractivity contribution >= 4 is 40.8 Å². The number of carbonyl (C=O) groups excluding carboxylic acids is 1. The number of aromatic nitrogens is 3. The number of carbonyl (C=O) groups is 1. The van der Waals surface area contributed by atoms with Crippen LogP contribution in [-0.2, 0) is 4.79 Å². The predicted molar refractivity (Wildman–Crippen MR) is 144 cm³/mol. The number of thiazole rings is 1. The summed E-state index contributed by atoms with van der Waals surface area (Å²) in [7, 11) is 0. The quantitative estimate of drug-likeness (QED) is 0.233. The Labute approximate surface area is 225 Å². The molecule has 1 atom stereocenters. The molecule has 2 aromatic heterocycles. The fraction of sp³-hybridized carbons (Fsp3) is 0.231. The van der Waals surface area contributed by atoms with E-state index in [1.807, 2.05) is 0 Å². The van der Waals surface area contributed by atoms with Crippen LogP contribution >= 0.6 is 23.3 Å². The lowest BCUT2D eigenvalue weighted by molar-refractivity contribution is -0.114. The van der Waals surface area contributed by atoms with Crippen molar-refractivity contribution in [2.24, 2.45) is 0 Å². The van der Waals surface area contributed by atoms with E-state index in [1.54, 1.807) is 18.2 Å². The number of hydrogen-bond acceptors (Lipinski definition) is 8. The van der Waals surface area contributed by atoms with Gasteiger partial charge in [0.05, 0.1) is 31.9 Å². The SMILES string of the molecule is CC(=O)Nc1nccc(-c2sc(C3CCCNC3)nc2-c2cccc(NSc3cc(F)ccc3F)c2F)n1. The first kappa shape index (κ1) is 26.1. The summed E-state index contributed by atoms with van der Waals surface area (Å²) in [5.41, 5.74) is 1.24. The summed E-state index contributed by atoms with van der Waals surface area (Å²) in [4.78, 5) is 25.6. The van der Waals surface area contributed by atoms with Crippen LogP contribution < -0.4 is 15.4 Å². The minimum absolute atomic E-state index is 0.00252. The third-order valence-electron chi connectivity index (χ3n) is 5.88. The number of hydrogen-bond donors (Lipinski definition) is 3. The van der Waals surface area contributed by atoms with Gasteiger partial charge >= 0.3 is 0 Å². The first-order chi connectivity index (χ1) is 18.4. The average molecular weight is 557 g/mol. The van der Waals surface area contributed by atoms with Crippen molar-refractivity contribution in [3.05, 3.63) is 71.1 Å². The van der Waals surface area contributed by atoms with Crippen LogP contribution in [-0.4, -0.2) is 33.9 Å². The fourth-order valence-corrected chi connectivity index (χ4v) is 5.99. The second-order valence-corrected chi connectivity index (χ2v) is 10.5. The molecule has 0 bridgehead atoms. The second-order valence-electron chi connectivity index (χ2n) is 8.67. The Hall–Kier alpha value is -3.48. The van der Waals surface area contributed by atoms with Crippen molar-refractivity contribution in [1.82, 2.24) is 20.3 Å². The molecule has 5 rings (SSSR count). The number of piperidine rings is 1. The van der Waals surface area contributed by atoms with Crippen molar-refractivity contribution in [3.63, 3.8) is 0 Å². The van der Waals surface area contributed by atoms with E-state index in [4.69, 9.17) is 4.98 Å². The summed E-state index contributed by atoms with van der Waals surface area (Å²) in [6.45, 7) is 3.08. The van der Waals surface area contributed by atoms with E-state index < -0.39 is 17.5 Å².